The zero-order chi connectivity index (χ0) is 10.1. The van der Waals surface area contributed by atoms with Gasteiger partial charge in [0.25, 0.3) is 0 Å². The van der Waals surface area contributed by atoms with Crippen molar-refractivity contribution in [2.24, 2.45) is 0 Å². The maximum absolute atomic E-state index is 5.60. The topological polar surface area (TPSA) is 47.0 Å². The average Bonchev–Trinajstić information content (AvgIpc) is 3.02. The second kappa shape index (κ2) is 4.15. The summed E-state index contributed by atoms with van der Waals surface area (Å²) in [5.74, 6) is 0. The van der Waals surface area contributed by atoms with Gasteiger partial charge in [0, 0.05) is 6.61 Å². The molecule has 4 nitrogen and oxygen atoms in total. The van der Waals surface area contributed by atoms with E-state index in [2.05, 4.69) is 15.5 Å². The third-order valence-corrected chi connectivity index (χ3v) is 4.15. The van der Waals surface area contributed by atoms with Crippen LogP contribution in [0.15, 0.2) is 0 Å². The lowest BCUT2D eigenvalue weighted by molar-refractivity contribution is 0.111. The maximum atomic E-state index is 5.60. The van der Waals surface area contributed by atoms with Gasteiger partial charge in [-0.15, -0.1) is 10.2 Å². The van der Waals surface area contributed by atoms with Gasteiger partial charge in [0.2, 0.25) is 0 Å². The van der Waals surface area contributed by atoms with E-state index in [0.717, 1.165) is 36.0 Å². The molecule has 2 fully saturated rings. The van der Waals surface area contributed by atoms with Gasteiger partial charge in [-0.25, -0.2) is 0 Å². The average molecular weight is 225 g/mol. The van der Waals surface area contributed by atoms with Crippen molar-refractivity contribution in [3.8, 4) is 0 Å². The molecular weight excluding hydrogens is 210 g/mol. The second-order valence-electron chi connectivity index (χ2n) is 4.13. The van der Waals surface area contributed by atoms with E-state index >= 15 is 0 Å². The first kappa shape index (κ1) is 9.69. The van der Waals surface area contributed by atoms with Crippen LogP contribution < -0.4 is 5.32 Å². The normalized spacial score (nSPS) is 31.2. The van der Waals surface area contributed by atoms with E-state index in [1.807, 2.05) is 0 Å². The Hall–Kier alpha value is -0.520. The summed E-state index contributed by atoms with van der Waals surface area (Å²) in [5.41, 5.74) is 0. The van der Waals surface area contributed by atoms with Gasteiger partial charge in [-0.3, -0.25) is 0 Å². The fraction of sp³-hybridized carbons (Fsp3) is 0.800. The molecule has 0 aromatic carbocycles. The van der Waals surface area contributed by atoms with Crippen molar-refractivity contribution in [1.29, 1.82) is 0 Å². The molecule has 0 radical (unpaired) electrons. The quantitative estimate of drug-likeness (QED) is 0.834. The summed E-state index contributed by atoms with van der Waals surface area (Å²) in [7, 11) is 0. The molecule has 0 aliphatic carbocycles. The van der Waals surface area contributed by atoms with Crippen LogP contribution in [0, 0.1) is 0 Å². The first-order valence-electron chi connectivity index (χ1n) is 5.62. The van der Waals surface area contributed by atoms with Crippen molar-refractivity contribution >= 4 is 11.3 Å². The Morgan fingerprint density at radius 3 is 2.87 bits per heavy atom. The van der Waals surface area contributed by atoms with Crippen LogP contribution in [0.3, 0.4) is 0 Å². The molecule has 2 atom stereocenters. The van der Waals surface area contributed by atoms with Crippen molar-refractivity contribution in [3.05, 3.63) is 10.0 Å². The van der Waals surface area contributed by atoms with Gasteiger partial charge in [0.05, 0.1) is 6.04 Å². The van der Waals surface area contributed by atoms with E-state index < -0.39 is 0 Å². The Kier molecular flexibility index (Phi) is 2.68. The van der Waals surface area contributed by atoms with E-state index in [1.165, 1.54) is 12.8 Å². The van der Waals surface area contributed by atoms with Gasteiger partial charge in [0.1, 0.15) is 16.1 Å². The number of aromatic nitrogens is 2. The molecule has 2 aliphatic rings. The molecule has 5 heteroatoms. The smallest absolute Gasteiger partial charge is 0.146 e. The van der Waals surface area contributed by atoms with Crippen LogP contribution in [0.25, 0.3) is 0 Å². The number of ether oxygens (including phenoxy) is 1. The van der Waals surface area contributed by atoms with E-state index in [-0.39, 0.29) is 6.10 Å². The molecule has 2 unspecified atom stereocenters. The Balaban J connectivity index is 1.74. The molecule has 0 saturated carbocycles. The summed E-state index contributed by atoms with van der Waals surface area (Å²) in [6, 6.07) is 0.442. The van der Waals surface area contributed by atoms with Crippen LogP contribution in [0.4, 0.5) is 0 Å². The molecule has 2 saturated heterocycles. The molecule has 1 aromatic heterocycles. The highest BCUT2D eigenvalue weighted by Gasteiger charge is 2.25. The molecule has 82 valence electrons. The van der Waals surface area contributed by atoms with Gasteiger partial charge >= 0.3 is 0 Å². The fourth-order valence-electron chi connectivity index (χ4n) is 2.19. The Morgan fingerprint density at radius 2 is 2.13 bits per heavy atom. The summed E-state index contributed by atoms with van der Waals surface area (Å²) >= 11 is 1.72. The van der Waals surface area contributed by atoms with Crippen molar-refractivity contribution in [1.82, 2.24) is 15.5 Å². The molecule has 3 rings (SSSR count). The highest BCUT2D eigenvalue weighted by atomic mass is 32.1. The van der Waals surface area contributed by atoms with Crippen molar-refractivity contribution in [2.75, 3.05) is 13.2 Å². The molecule has 1 aromatic rings. The van der Waals surface area contributed by atoms with E-state index in [4.69, 9.17) is 4.74 Å². The minimum atomic E-state index is 0.220. The Labute approximate surface area is 93.1 Å². The molecule has 0 spiro atoms. The summed E-state index contributed by atoms with van der Waals surface area (Å²) in [6.45, 7) is 1.99. The minimum Gasteiger partial charge on any atom is -0.371 e. The van der Waals surface area contributed by atoms with Crippen molar-refractivity contribution in [3.63, 3.8) is 0 Å². The van der Waals surface area contributed by atoms with Crippen LogP contribution in [0.2, 0.25) is 0 Å². The highest BCUT2D eigenvalue weighted by Crippen LogP contribution is 2.33. The second-order valence-corrected chi connectivity index (χ2v) is 5.17. The lowest BCUT2D eigenvalue weighted by Gasteiger charge is -2.04. The number of hydrogen-bond donors (Lipinski definition) is 1. The van der Waals surface area contributed by atoms with E-state index in [0.29, 0.717) is 6.04 Å². The predicted octanol–water partition coefficient (Wildman–Crippen LogP) is 1.81. The monoisotopic (exact) mass is 225 g/mol. The van der Waals surface area contributed by atoms with Gasteiger partial charge in [-0.2, -0.15) is 0 Å². The van der Waals surface area contributed by atoms with E-state index in [1.54, 1.807) is 11.3 Å². The Morgan fingerprint density at radius 1 is 1.20 bits per heavy atom. The van der Waals surface area contributed by atoms with Gasteiger partial charge in [0.15, 0.2) is 0 Å². The molecule has 0 bridgehead atoms. The van der Waals surface area contributed by atoms with Crippen LogP contribution in [0.5, 0.6) is 0 Å². The summed E-state index contributed by atoms with van der Waals surface area (Å²) < 4.78 is 5.60. The fourth-order valence-corrected chi connectivity index (χ4v) is 3.22. The largest absolute Gasteiger partial charge is 0.371 e. The molecular formula is C10H15N3OS. The van der Waals surface area contributed by atoms with Gasteiger partial charge < -0.3 is 10.1 Å². The molecule has 3 heterocycles. The highest BCUT2D eigenvalue weighted by molar-refractivity contribution is 7.11. The lowest BCUT2D eigenvalue weighted by Crippen LogP contribution is -2.12. The van der Waals surface area contributed by atoms with Crippen molar-refractivity contribution in [2.45, 2.75) is 37.8 Å². The van der Waals surface area contributed by atoms with Crippen LogP contribution in [0.1, 0.15) is 47.8 Å². The first-order valence-corrected chi connectivity index (χ1v) is 6.43. The zero-order valence-corrected chi connectivity index (χ0v) is 9.42. The third kappa shape index (κ3) is 1.91. The van der Waals surface area contributed by atoms with E-state index in [9.17, 15) is 0 Å². The number of hydrogen-bond acceptors (Lipinski definition) is 5. The summed E-state index contributed by atoms with van der Waals surface area (Å²) in [4.78, 5) is 0. The molecule has 0 amide bonds. The standard InChI is InChI=1S/C10H15N3OS/c1-3-7(11-5-1)9-12-13-10(15-9)8-4-2-6-14-8/h7-8,11H,1-6H2. The summed E-state index contributed by atoms with van der Waals surface area (Å²) in [6.07, 6.45) is 4.92. The summed E-state index contributed by atoms with van der Waals surface area (Å²) in [5, 5.41) is 14.2. The van der Waals surface area contributed by atoms with Crippen LogP contribution >= 0.6 is 11.3 Å². The van der Waals surface area contributed by atoms with Crippen LogP contribution in [-0.4, -0.2) is 23.3 Å². The number of nitrogens with one attached hydrogen (secondary N) is 1. The third-order valence-electron chi connectivity index (χ3n) is 3.02. The first-order chi connectivity index (χ1) is 7.43. The SMILES string of the molecule is C1CNC(c2nnc(C3CCCO3)s2)C1. The molecule has 15 heavy (non-hydrogen) atoms. The van der Waals surface area contributed by atoms with Crippen molar-refractivity contribution < 1.29 is 4.74 Å². The van der Waals surface area contributed by atoms with Gasteiger partial charge in [-0.1, -0.05) is 11.3 Å². The predicted molar refractivity (Wildman–Crippen MR) is 57.8 cm³/mol. The molecule has 2 aliphatic heterocycles. The minimum absolute atomic E-state index is 0.220. The lowest BCUT2D eigenvalue weighted by atomic mass is 10.2. The maximum Gasteiger partial charge on any atom is 0.146 e. The molecule has 1 N–H and O–H groups in total. The Bertz CT molecular complexity index is 299. The van der Waals surface area contributed by atoms with Gasteiger partial charge in [-0.05, 0) is 32.2 Å². The zero-order valence-electron chi connectivity index (χ0n) is 8.61. The number of nitrogens with zero attached hydrogens (tertiary/aromatic N) is 2. The number of rotatable bonds is 2. The van der Waals surface area contributed by atoms with Crippen LogP contribution in [-0.2, 0) is 4.74 Å².